The zero-order valence-electron chi connectivity index (χ0n) is 14.7. The fraction of sp³-hybridized carbons (Fsp3) is 0.300. The van der Waals surface area contributed by atoms with E-state index in [1.165, 1.54) is 12.1 Å². The van der Waals surface area contributed by atoms with Crippen molar-refractivity contribution in [2.75, 3.05) is 18.0 Å². The van der Waals surface area contributed by atoms with E-state index in [1.54, 1.807) is 30.3 Å². The Balaban J connectivity index is 1.62. The van der Waals surface area contributed by atoms with Gasteiger partial charge in [0.25, 0.3) is 5.91 Å². The summed E-state index contributed by atoms with van der Waals surface area (Å²) in [6.07, 6.45) is 0.898. The highest BCUT2D eigenvalue weighted by molar-refractivity contribution is 6.42. The molecule has 0 aromatic heterocycles. The molecule has 0 saturated carbocycles. The van der Waals surface area contributed by atoms with E-state index >= 15 is 0 Å². The number of carbonyl (C=O) groups excluding carboxylic acids is 2. The highest BCUT2D eigenvalue weighted by atomic mass is 35.5. The molecule has 0 unspecified atom stereocenters. The zero-order valence-corrected chi connectivity index (χ0v) is 16.2. The third-order valence-corrected chi connectivity index (χ3v) is 6.39. The van der Waals surface area contributed by atoms with Crippen molar-refractivity contribution in [2.45, 2.75) is 18.5 Å². The molecule has 0 aliphatic carbocycles. The molecule has 144 valence electrons. The minimum atomic E-state index is -0.600. The van der Waals surface area contributed by atoms with Gasteiger partial charge >= 0.3 is 0 Å². The Morgan fingerprint density at radius 1 is 0.857 bits per heavy atom. The molecule has 0 N–H and O–H groups in total. The predicted octanol–water partition coefficient (Wildman–Crippen LogP) is 3.67. The number of hydrogen-bond acceptors (Lipinski definition) is 4. The number of hydrazine groups is 1. The van der Waals surface area contributed by atoms with Gasteiger partial charge in [0.05, 0.1) is 27.7 Å². The minimum absolute atomic E-state index is 0.235. The summed E-state index contributed by atoms with van der Waals surface area (Å²) in [6, 6.07) is 10.1. The summed E-state index contributed by atoms with van der Waals surface area (Å²) in [7, 11) is 0. The molecule has 5 rings (SSSR count). The fourth-order valence-corrected chi connectivity index (χ4v) is 5.26. The van der Waals surface area contributed by atoms with Gasteiger partial charge in [-0.1, -0.05) is 41.4 Å². The smallest absolute Gasteiger partial charge is 0.253 e. The van der Waals surface area contributed by atoms with Gasteiger partial charge in [-0.3, -0.25) is 9.59 Å². The Morgan fingerprint density at radius 3 is 2.11 bits per heavy atom. The maximum Gasteiger partial charge on any atom is 0.253 e. The molecule has 3 atom stereocenters. The number of imide groups is 1. The van der Waals surface area contributed by atoms with Crippen molar-refractivity contribution in [3.8, 4) is 0 Å². The van der Waals surface area contributed by atoms with Gasteiger partial charge in [-0.05, 0) is 36.2 Å². The van der Waals surface area contributed by atoms with Crippen LogP contribution in [0.5, 0.6) is 0 Å². The third-order valence-electron chi connectivity index (χ3n) is 5.78. The van der Waals surface area contributed by atoms with Crippen LogP contribution >= 0.6 is 23.2 Å². The molecule has 3 fully saturated rings. The van der Waals surface area contributed by atoms with E-state index in [-0.39, 0.29) is 39.4 Å². The Labute approximate surface area is 171 Å². The van der Waals surface area contributed by atoms with Crippen molar-refractivity contribution in [3.05, 3.63) is 63.9 Å². The van der Waals surface area contributed by atoms with E-state index in [2.05, 4.69) is 5.01 Å². The molecule has 5 nitrogen and oxygen atoms in total. The van der Waals surface area contributed by atoms with Crippen molar-refractivity contribution in [1.29, 1.82) is 0 Å². The van der Waals surface area contributed by atoms with Crippen molar-refractivity contribution in [3.63, 3.8) is 0 Å². The van der Waals surface area contributed by atoms with Crippen LogP contribution in [0.4, 0.5) is 10.1 Å². The summed E-state index contributed by atoms with van der Waals surface area (Å²) in [5, 5.41) is 4.56. The Morgan fingerprint density at radius 2 is 1.46 bits per heavy atom. The summed E-state index contributed by atoms with van der Waals surface area (Å²) in [5.41, 5.74) is 1.05. The monoisotopic (exact) mass is 419 g/mol. The van der Waals surface area contributed by atoms with E-state index in [1.807, 2.05) is 5.01 Å². The molecule has 3 aliphatic heterocycles. The largest absolute Gasteiger partial charge is 0.274 e. The fourth-order valence-electron chi connectivity index (χ4n) is 4.70. The van der Waals surface area contributed by atoms with E-state index in [4.69, 9.17) is 23.2 Å². The second-order valence-corrected chi connectivity index (χ2v) is 8.04. The molecule has 28 heavy (non-hydrogen) atoms. The molecule has 3 heterocycles. The Bertz CT molecular complexity index is 964. The predicted molar refractivity (Wildman–Crippen MR) is 103 cm³/mol. The number of carbonyl (C=O) groups is 2. The maximum absolute atomic E-state index is 13.4. The van der Waals surface area contributed by atoms with Crippen LogP contribution in [0, 0.1) is 11.7 Å². The van der Waals surface area contributed by atoms with Gasteiger partial charge in [0, 0.05) is 13.1 Å². The van der Waals surface area contributed by atoms with Crippen molar-refractivity contribution >= 4 is 40.7 Å². The van der Waals surface area contributed by atoms with Gasteiger partial charge in [-0.2, -0.15) is 0 Å². The number of nitrogens with zero attached hydrogens (tertiary/aromatic N) is 3. The summed E-state index contributed by atoms with van der Waals surface area (Å²) in [6.45, 7) is 1.45. The van der Waals surface area contributed by atoms with Crippen LogP contribution in [0.1, 0.15) is 18.0 Å². The summed E-state index contributed by atoms with van der Waals surface area (Å²) < 4.78 is 13.4. The van der Waals surface area contributed by atoms with Crippen LogP contribution in [0.25, 0.3) is 0 Å². The van der Waals surface area contributed by atoms with Crippen LogP contribution in [-0.2, 0) is 9.59 Å². The first-order chi connectivity index (χ1) is 13.5. The van der Waals surface area contributed by atoms with Crippen LogP contribution in [-0.4, -0.2) is 41.0 Å². The molecule has 0 radical (unpaired) electrons. The number of rotatable bonds is 2. The van der Waals surface area contributed by atoms with Gasteiger partial charge in [0.2, 0.25) is 5.91 Å². The highest BCUT2D eigenvalue weighted by Crippen LogP contribution is 2.50. The number of anilines is 1. The van der Waals surface area contributed by atoms with E-state index in [0.717, 1.165) is 23.4 Å². The number of benzene rings is 2. The second kappa shape index (κ2) is 6.52. The van der Waals surface area contributed by atoms with Crippen LogP contribution in [0.2, 0.25) is 10.0 Å². The number of fused-ring (bicyclic) bond motifs is 3. The quantitative estimate of drug-likeness (QED) is 0.696. The molecule has 8 heteroatoms. The number of halogens is 3. The molecule has 2 aromatic rings. The molecular weight excluding hydrogens is 404 g/mol. The SMILES string of the molecule is O=C1[C@@H]2[C@@H](c3ccc(F)cc3)N3CCCN3[C@H]2C(=O)N1c1c(Cl)cccc1Cl. The average molecular weight is 420 g/mol. The van der Waals surface area contributed by atoms with Gasteiger partial charge in [-0.25, -0.2) is 19.3 Å². The normalized spacial score (nSPS) is 27.5. The van der Waals surface area contributed by atoms with E-state index < -0.39 is 12.0 Å². The van der Waals surface area contributed by atoms with Gasteiger partial charge in [-0.15, -0.1) is 0 Å². The lowest BCUT2D eigenvalue weighted by Crippen LogP contribution is -2.44. The van der Waals surface area contributed by atoms with Gasteiger partial charge in [0.15, 0.2) is 0 Å². The number of hydrogen-bond donors (Lipinski definition) is 0. The standard InChI is InChI=1S/C20H16Cl2FN3O2/c21-13-3-1-4-14(22)17(13)26-19(27)15-16(11-5-7-12(23)8-6-11)24-9-2-10-25(24)18(15)20(26)28/h1,3-8,15-16,18H,2,9-10H2/t15-,16-,18-/m1/s1. The molecule has 0 bridgehead atoms. The number of para-hydroxylation sites is 1. The lowest BCUT2D eigenvalue weighted by molar-refractivity contribution is -0.126. The third kappa shape index (κ3) is 2.45. The van der Waals surface area contributed by atoms with Gasteiger partial charge < -0.3 is 0 Å². The van der Waals surface area contributed by atoms with Gasteiger partial charge in [0.1, 0.15) is 11.9 Å². The first-order valence-electron chi connectivity index (χ1n) is 9.09. The van der Waals surface area contributed by atoms with Crippen LogP contribution in [0.15, 0.2) is 42.5 Å². The lowest BCUT2D eigenvalue weighted by atomic mass is 9.90. The topological polar surface area (TPSA) is 43.9 Å². The number of amides is 2. The molecule has 0 spiro atoms. The second-order valence-electron chi connectivity index (χ2n) is 7.23. The summed E-state index contributed by atoms with van der Waals surface area (Å²) >= 11 is 12.6. The average Bonchev–Trinajstić information content (AvgIpc) is 3.30. The first-order valence-corrected chi connectivity index (χ1v) is 9.85. The van der Waals surface area contributed by atoms with Crippen molar-refractivity contribution in [1.82, 2.24) is 10.0 Å². The molecule has 3 saturated heterocycles. The van der Waals surface area contributed by atoms with E-state index in [9.17, 15) is 14.0 Å². The highest BCUT2D eigenvalue weighted by Gasteiger charge is 2.63. The van der Waals surface area contributed by atoms with Crippen molar-refractivity contribution < 1.29 is 14.0 Å². The zero-order chi connectivity index (χ0) is 19.6. The maximum atomic E-state index is 13.4. The molecular formula is C20H16Cl2FN3O2. The molecule has 3 aliphatic rings. The Kier molecular flexibility index (Phi) is 4.21. The molecule has 2 aromatic carbocycles. The first kappa shape index (κ1) is 18.1. The van der Waals surface area contributed by atoms with Crippen LogP contribution in [0.3, 0.4) is 0 Å². The minimum Gasteiger partial charge on any atom is -0.274 e. The lowest BCUT2D eigenvalue weighted by Gasteiger charge is -2.30. The summed E-state index contributed by atoms with van der Waals surface area (Å²) in [4.78, 5) is 27.9. The van der Waals surface area contributed by atoms with Crippen LogP contribution < -0.4 is 4.90 Å². The Hall–Kier alpha value is -1.99. The van der Waals surface area contributed by atoms with Crippen molar-refractivity contribution in [2.24, 2.45) is 5.92 Å². The van der Waals surface area contributed by atoms with E-state index in [0.29, 0.717) is 6.54 Å². The summed E-state index contributed by atoms with van der Waals surface area (Å²) in [5.74, 6) is -1.57. The molecule has 2 amide bonds.